The van der Waals surface area contributed by atoms with Crippen LogP contribution in [0.4, 0.5) is 0 Å². The van der Waals surface area contributed by atoms with Crippen molar-refractivity contribution in [1.82, 2.24) is 0 Å². The summed E-state index contributed by atoms with van der Waals surface area (Å²) in [5.41, 5.74) is 6.77. The average molecular weight is 531 g/mol. The molecule has 3 aromatic rings. The highest BCUT2D eigenvalue weighted by atomic mass is 16.5. The zero-order chi connectivity index (χ0) is 27.9. The van der Waals surface area contributed by atoms with Gasteiger partial charge in [-0.15, -0.1) is 0 Å². The number of fused-ring (bicyclic) bond motifs is 1. The first-order valence-electron chi connectivity index (χ1n) is 13.7. The highest BCUT2D eigenvalue weighted by molar-refractivity contribution is 5.75. The van der Waals surface area contributed by atoms with E-state index in [0.29, 0.717) is 25.4 Å². The van der Waals surface area contributed by atoms with Gasteiger partial charge in [-0.05, 0) is 99.0 Å². The minimum atomic E-state index is -0.795. The van der Waals surface area contributed by atoms with Gasteiger partial charge in [0.25, 0.3) is 0 Å². The summed E-state index contributed by atoms with van der Waals surface area (Å²) in [4.78, 5) is 11.4. The van der Waals surface area contributed by atoms with Crippen LogP contribution in [0.3, 0.4) is 0 Å². The average Bonchev–Trinajstić information content (AvgIpc) is 3.55. The molecule has 6 nitrogen and oxygen atoms in total. The van der Waals surface area contributed by atoms with E-state index >= 15 is 0 Å². The number of aliphatic carboxylic acids is 1. The molecule has 206 valence electrons. The molecule has 1 heterocycles. The van der Waals surface area contributed by atoms with E-state index in [1.807, 2.05) is 18.2 Å². The molecular weight excluding hydrogens is 492 g/mol. The third-order valence-electron chi connectivity index (χ3n) is 8.03. The zero-order valence-electron chi connectivity index (χ0n) is 23.5. The summed E-state index contributed by atoms with van der Waals surface area (Å²) >= 11 is 0. The first-order valence-corrected chi connectivity index (χ1v) is 13.7. The molecule has 1 fully saturated rings. The van der Waals surface area contributed by atoms with E-state index in [4.69, 9.17) is 14.2 Å². The van der Waals surface area contributed by atoms with E-state index in [0.717, 1.165) is 52.2 Å². The molecule has 0 aromatic heterocycles. The standard InChI is InChI=1S/C33H38O6/c1-20-15-25(37-14-13-32(4,5)36)16-21(2)31(20)26-8-6-7-23(22(26)3)19-38-24-9-10-27-28(18-30(34)35)33(11-12-33)39-29(27)17-24/h6-10,15-17,28,36H,11-14,18-19H2,1-5H3,(H,34,35). The van der Waals surface area contributed by atoms with E-state index in [2.05, 4.69) is 51.1 Å². The maximum absolute atomic E-state index is 11.4. The fourth-order valence-corrected chi connectivity index (χ4v) is 5.72. The molecule has 6 heteroatoms. The summed E-state index contributed by atoms with van der Waals surface area (Å²) in [7, 11) is 0. The Bertz CT molecular complexity index is 1370. The molecule has 0 radical (unpaired) electrons. The summed E-state index contributed by atoms with van der Waals surface area (Å²) in [6.45, 7) is 10.8. The summed E-state index contributed by atoms with van der Waals surface area (Å²) in [6, 6.07) is 16.2. The molecule has 0 amide bonds. The molecule has 1 atom stereocenters. The fraction of sp³-hybridized carbons (Fsp3) is 0.424. The van der Waals surface area contributed by atoms with Crippen LogP contribution in [0.15, 0.2) is 48.5 Å². The molecule has 1 unspecified atom stereocenters. The van der Waals surface area contributed by atoms with Gasteiger partial charge in [-0.3, -0.25) is 4.79 Å². The monoisotopic (exact) mass is 530 g/mol. The second-order valence-electron chi connectivity index (χ2n) is 11.7. The Balaban J connectivity index is 1.31. The molecule has 1 aliphatic heterocycles. The smallest absolute Gasteiger partial charge is 0.304 e. The van der Waals surface area contributed by atoms with E-state index in [1.54, 1.807) is 13.8 Å². The number of aliphatic hydroxyl groups is 1. The predicted octanol–water partition coefficient (Wildman–Crippen LogP) is 6.88. The van der Waals surface area contributed by atoms with E-state index < -0.39 is 11.6 Å². The highest BCUT2D eigenvalue weighted by Crippen LogP contribution is 2.59. The number of hydrogen-bond donors (Lipinski definition) is 2. The number of carboxylic acid groups (broad SMARTS) is 1. The molecule has 2 N–H and O–H groups in total. The second-order valence-corrected chi connectivity index (χ2v) is 11.7. The number of hydrogen-bond acceptors (Lipinski definition) is 5. The van der Waals surface area contributed by atoms with Gasteiger partial charge in [-0.2, -0.15) is 0 Å². The Morgan fingerprint density at radius 1 is 1.03 bits per heavy atom. The Hall–Kier alpha value is -3.51. The van der Waals surface area contributed by atoms with E-state index in [1.165, 1.54) is 11.1 Å². The Morgan fingerprint density at radius 3 is 2.38 bits per heavy atom. The van der Waals surface area contributed by atoms with Gasteiger partial charge < -0.3 is 24.4 Å². The van der Waals surface area contributed by atoms with Gasteiger partial charge in [0.2, 0.25) is 0 Å². The molecule has 0 bridgehead atoms. The summed E-state index contributed by atoms with van der Waals surface area (Å²) in [6.07, 6.45) is 2.45. The van der Waals surface area contributed by atoms with E-state index in [9.17, 15) is 15.0 Å². The summed E-state index contributed by atoms with van der Waals surface area (Å²) < 4.78 is 18.4. The van der Waals surface area contributed by atoms with Crippen molar-refractivity contribution in [2.24, 2.45) is 0 Å². The molecular formula is C33H38O6. The van der Waals surface area contributed by atoms with Crippen molar-refractivity contribution >= 4 is 5.97 Å². The topological polar surface area (TPSA) is 85.2 Å². The Kier molecular flexibility index (Phi) is 7.10. The molecule has 1 saturated carbocycles. The van der Waals surface area contributed by atoms with E-state index in [-0.39, 0.29) is 17.9 Å². The van der Waals surface area contributed by atoms with Crippen LogP contribution in [0.2, 0.25) is 0 Å². The van der Waals surface area contributed by atoms with Crippen LogP contribution in [0.25, 0.3) is 11.1 Å². The number of rotatable bonds is 10. The van der Waals surface area contributed by atoms with Crippen molar-refractivity contribution in [3.8, 4) is 28.4 Å². The number of aryl methyl sites for hydroxylation is 2. The molecule has 0 saturated heterocycles. The van der Waals surface area contributed by atoms with Gasteiger partial charge in [-0.25, -0.2) is 0 Å². The van der Waals surface area contributed by atoms with Crippen LogP contribution in [-0.2, 0) is 11.4 Å². The first kappa shape index (κ1) is 27.1. The zero-order valence-corrected chi connectivity index (χ0v) is 23.5. The third-order valence-corrected chi connectivity index (χ3v) is 8.03. The lowest BCUT2D eigenvalue weighted by molar-refractivity contribution is -0.138. The van der Waals surface area contributed by atoms with Crippen LogP contribution in [0.1, 0.15) is 73.3 Å². The fourth-order valence-electron chi connectivity index (χ4n) is 5.72. The molecule has 1 spiro atoms. The minimum Gasteiger partial charge on any atom is -0.493 e. The van der Waals surface area contributed by atoms with Crippen LogP contribution < -0.4 is 14.2 Å². The predicted molar refractivity (Wildman–Crippen MR) is 151 cm³/mol. The maximum atomic E-state index is 11.4. The van der Waals surface area contributed by atoms with Crippen LogP contribution in [0.5, 0.6) is 17.2 Å². The lowest BCUT2D eigenvalue weighted by Gasteiger charge is -2.19. The van der Waals surface area contributed by atoms with Gasteiger partial charge in [-0.1, -0.05) is 24.3 Å². The molecule has 2 aliphatic rings. The van der Waals surface area contributed by atoms with Crippen molar-refractivity contribution < 1.29 is 29.2 Å². The third kappa shape index (κ3) is 5.76. The summed E-state index contributed by atoms with van der Waals surface area (Å²) in [5.74, 6) is 1.38. The molecule has 39 heavy (non-hydrogen) atoms. The van der Waals surface area contributed by atoms with Gasteiger partial charge >= 0.3 is 5.97 Å². The second kappa shape index (κ2) is 10.2. The van der Waals surface area contributed by atoms with Crippen LogP contribution >= 0.6 is 0 Å². The van der Waals surface area contributed by atoms with Crippen molar-refractivity contribution in [2.75, 3.05) is 6.61 Å². The van der Waals surface area contributed by atoms with Crippen molar-refractivity contribution in [3.05, 3.63) is 76.3 Å². The van der Waals surface area contributed by atoms with Gasteiger partial charge in [0.15, 0.2) is 0 Å². The Labute approximate surface area is 230 Å². The molecule has 1 aliphatic carbocycles. The largest absolute Gasteiger partial charge is 0.493 e. The molecule has 5 rings (SSSR count). The number of carbonyl (C=O) groups is 1. The van der Waals surface area contributed by atoms with Crippen molar-refractivity contribution in [3.63, 3.8) is 0 Å². The maximum Gasteiger partial charge on any atom is 0.304 e. The van der Waals surface area contributed by atoms with Crippen molar-refractivity contribution in [1.29, 1.82) is 0 Å². The molecule has 3 aromatic carbocycles. The SMILES string of the molecule is Cc1cc(OCCC(C)(C)O)cc(C)c1-c1cccc(COc2ccc3c(c2)OC2(CC2)C3CC(=O)O)c1C. The summed E-state index contributed by atoms with van der Waals surface area (Å²) in [5, 5.41) is 19.3. The normalized spacial score (nSPS) is 17.0. The minimum absolute atomic E-state index is 0.0893. The quantitative estimate of drug-likeness (QED) is 0.297. The number of ether oxygens (including phenoxy) is 3. The number of carboxylic acids is 1. The van der Waals surface area contributed by atoms with Crippen LogP contribution in [-0.4, -0.2) is 34.0 Å². The Morgan fingerprint density at radius 2 is 1.74 bits per heavy atom. The van der Waals surface area contributed by atoms with Gasteiger partial charge in [0.05, 0.1) is 18.6 Å². The van der Waals surface area contributed by atoms with Gasteiger partial charge in [0, 0.05) is 24.0 Å². The lowest BCUT2D eigenvalue weighted by Crippen LogP contribution is -2.22. The van der Waals surface area contributed by atoms with Crippen molar-refractivity contribution in [2.45, 2.75) is 84.0 Å². The highest BCUT2D eigenvalue weighted by Gasteiger charge is 2.57. The first-order chi connectivity index (χ1) is 18.5. The number of benzene rings is 3. The van der Waals surface area contributed by atoms with Gasteiger partial charge in [0.1, 0.15) is 29.5 Å². The lowest BCUT2D eigenvalue weighted by atomic mass is 9.90. The van der Waals surface area contributed by atoms with Crippen LogP contribution in [0, 0.1) is 20.8 Å².